The summed E-state index contributed by atoms with van der Waals surface area (Å²) in [5, 5.41) is 0.599. The molecule has 1 aromatic heterocycles. The molecular weight excluding hydrogens is 452 g/mol. The third-order valence-electron chi connectivity index (χ3n) is 5.66. The second kappa shape index (κ2) is 9.80. The number of fused-ring (bicyclic) bond motifs is 1. The highest BCUT2D eigenvalue weighted by Crippen LogP contribution is 2.37. The Morgan fingerprint density at radius 3 is 2.06 bits per heavy atom. The van der Waals surface area contributed by atoms with Crippen LogP contribution in [0.1, 0.15) is 15.9 Å². The molecule has 0 radical (unpaired) electrons. The van der Waals surface area contributed by atoms with E-state index in [2.05, 4.69) is 0 Å². The van der Waals surface area contributed by atoms with Crippen LogP contribution in [0.2, 0.25) is 0 Å². The van der Waals surface area contributed by atoms with Gasteiger partial charge in [-0.2, -0.15) is 0 Å². The molecule has 0 saturated carbocycles. The van der Waals surface area contributed by atoms with Gasteiger partial charge in [0.05, 0.1) is 34.0 Å². The van der Waals surface area contributed by atoms with Crippen LogP contribution < -0.4 is 29.3 Å². The Labute approximate surface area is 201 Å². The number of carbonyl (C=O) groups excluding carboxylic acids is 1. The number of hydrogen-bond donors (Lipinski definition) is 0. The fourth-order valence-electron chi connectivity index (χ4n) is 3.93. The second-order valence-corrected chi connectivity index (χ2v) is 7.54. The maximum absolute atomic E-state index is 13.0. The number of carbonyl (C=O) groups is 1. The zero-order valence-electron chi connectivity index (χ0n) is 20.0. The van der Waals surface area contributed by atoms with E-state index in [4.69, 9.17) is 28.1 Å². The Hall–Kier alpha value is -4.46. The molecule has 8 heteroatoms. The lowest BCUT2D eigenvalue weighted by Gasteiger charge is -2.14. The molecule has 4 rings (SSSR count). The van der Waals surface area contributed by atoms with Gasteiger partial charge in [0.15, 0.2) is 0 Å². The van der Waals surface area contributed by atoms with Gasteiger partial charge >= 0.3 is 11.6 Å². The fraction of sp³-hybridized carbons (Fsp3) is 0.185. The molecule has 0 aliphatic heterocycles. The molecule has 0 aliphatic carbocycles. The number of aryl methyl sites for hydroxylation is 1. The number of esters is 1. The molecule has 4 aromatic rings. The first-order chi connectivity index (χ1) is 16.9. The van der Waals surface area contributed by atoms with E-state index in [-0.39, 0.29) is 11.3 Å². The minimum Gasteiger partial charge on any atom is -0.497 e. The van der Waals surface area contributed by atoms with Crippen molar-refractivity contribution in [2.45, 2.75) is 6.92 Å². The van der Waals surface area contributed by atoms with E-state index in [9.17, 15) is 9.59 Å². The molecule has 35 heavy (non-hydrogen) atoms. The highest BCUT2D eigenvalue weighted by Gasteiger charge is 2.22. The van der Waals surface area contributed by atoms with Crippen LogP contribution in [-0.4, -0.2) is 34.4 Å². The third-order valence-corrected chi connectivity index (χ3v) is 5.66. The van der Waals surface area contributed by atoms with E-state index in [0.717, 1.165) is 0 Å². The number of benzene rings is 3. The zero-order chi connectivity index (χ0) is 25.1. The van der Waals surface area contributed by atoms with Gasteiger partial charge in [-0.05, 0) is 61.0 Å². The topological polar surface area (TPSA) is 93.4 Å². The lowest BCUT2D eigenvalue weighted by atomic mass is 9.98. The summed E-state index contributed by atoms with van der Waals surface area (Å²) < 4.78 is 32.6. The fourth-order valence-corrected chi connectivity index (χ4v) is 3.93. The second-order valence-electron chi connectivity index (χ2n) is 7.54. The normalized spacial score (nSPS) is 10.7. The monoisotopic (exact) mass is 476 g/mol. The van der Waals surface area contributed by atoms with Crippen LogP contribution in [0.25, 0.3) is 22.1 Å². The first-order valence-electron chi connectivity index (χ1n) is 10.6. The zero-order valence-corrected chi connectivity index (χ0v) is 20.0. The van der Waals surface area contributed by atoms with Gasteiger partial charge in [-0.3, -0.25) is 0 Å². The smallest absolute Gasteiger partial charge is 0.351 e. The van der Waals surface area contributed by atoms with Crippen LogP contribution in [0.3, 0.4) is 0 Å². The summed E-state index contributed by atoms with van der Waals surface area (Å²) in [6, 6.07) is 14.9. The van der Waals surface area contributed by atoms with Crippen LogP contribution >= 0.6 is 0 Å². The molecule has 0 aliphatic rings. The number of methoxy groups -OCH3 is 4. The molecule has 0 saturated heterocycles. The van der Waals surface area contributed by atoms with E-state index in [1.54, 1.807) is 68.6 Å². The van der Waals surface area contributed by atoms with Gasteiger partial charge < -0.3 is 28.1 Å². The molecule has 0 amide bonds. The van der Waals surface area contributed by atoms with Gasteiger partial charge in [0.1, 0.15) is 39.9 Å². The SMILES string of the molecule is COc1ccc(OC)c(-c2c(C)c3cc(OC(=O)c4c(OC)cccc4OC)ccc3oc2=O)c1. The molecular formula is C27H24O8. The van der Waals surface area contributed by atoms with Crippen molar-refractivity contribution in [1.29, 1.82) is 0 Å². The molecule has 0 spiro atoms. The molecule has 0 N–H and O–H groups in total. The van der Waals surface area contributed by atoms with Gasteiger partial charge in [0, 0.05) is 10.9 Å². The first-order valence-corrected chi connectivity index (χ1v) is 10.6. The Kier molecular flexibility index (Phi) is 6.64. The molecule has 0 atom stereocenters. The van der Waals surface area contributed by atoms with Gasteiger partial charge in [0.2, 0.25) is 0 Å². The number of ether oxygens (including phenoxy) is 5. The van der Waals surface area contributed by atoms with E-state index in [1.165, 1.54) is 21.3 Å². The molecule has 180 valence electrons. The maximum Gasteiger partial charge on any atom is 0.351 e. The van der Waals surface area contributed by atoms with Crippen molar-refractivity contribution in [1.82, 2.24) is 0 Å². The quantitative estimate of drug-likeness (QED) is 0.209. The average molecular weight is 476 g/mol. The largest absolute Gasteiger partial charge is 0.497 e. The van der Waals surface area contributed by atoms with Crippen LogP contribution in [-0.2, 0) is 0 Å². The minimum atomic E-state index is -0.650. The van der Waals surface area contributed by atoms with Crippen molar-refractivity contribution in [2.24, 2.45) is 0 Å². The molecule has 3 aromatic carbocycles. The van der Waals surface area contributed by atoms with E-state index in [0.29, 0.717) is 50.7 Å². The third kappa shape index (κ3) is 4.38. The lowest BCUT2D eigenvalue weighted by molar-refractivity contribution is 0.0727. The molecule has 1 heterocycles. The van der Waals surface area contributed by atoms with Gasteiger partial charge in [-0.15, -0.1) is 0 Å². The maximum atomic E-state index is 13.0. The van der Waals surface area contributed by atoms with Crippen molar-refractivity contribution in [2.75, 3.05) is 28.4 Å². The summed E-state index contributed by atoms with van der Waals surface area (Å²) in [7, 11) is 5.98. The van der Waals surface area contributed by atoms with Crippen molar-refractivity contribution in [3.63, 3.8) is 0 Å². The summed E-state index contributed by atoms with van der Waals surface area (Å²) in [4.78, 5) is 25.9. The Bertz CT molecular complexity index is 1450. The summed E-state index contributed by atoms with van der Waals surface area (Å²) in [6.45, 7) is 1.79. The Morgan fingerprint density at radius 1 is 0.771 bits per heavy atom. The van der Waals surface area contributed by atoms with Crippen molar-refractivity contribution >= 4 is 16.9 Å². The molecule has 0 unspecified atom stereocenters. The number of rotatable bonds is 7. The standard InChI is InChI=1S/C27H24O8/c1-15-18-14-17(34-27(29)25-22(32-4)7-6-8-23(25)33-5)10-12-21(18)35-26(28)24(15)19-13-16(30-2)9-11-20(19)31-3/h6-14H,1-5H3. The van der Waals surface area contributed by atoms with Crippen LogP contribution in [0.15, 0.2) is 63.8 Å². The molecule has 0 fully saturated rings. The van der Waals surface area contributed by atoms with Crippen LogP contribution in [0, 0.1) is 6.92 Å². The molecule has 0 bridgehead atoms. The van der Waals surface area contributed by atoms with E-state index >= 15 is 0 Å². The van der Waals surface area contributed by atoms with Crippen molar-refractivity contribution in [3.8, 4) is 39.9 Å². The highest BCUT2D eigenvalue weighted by atomic mass is 16.5. The van der Waals surface area contributed by atoms with E-state index in [1.807, 2.05) is 0 Å². The van der Waals surface area contributed by atoms with Crippen molar-refractivity contribution < 1.29 is 32.9 Å². The minimum absolute atomic E-state index is 0.163. The highest BCUT2D eigenvalue weighted by molar-refractivity contribution is 5.97. The van der Waals surface area contributed by atoms with E-state index < -0.39 is 11.6 Å². The Morgan fingerprint density at radius 2 is 1.43 bits per heavy atom. The van der Waals surface area contributed by atoms with Crippen molar-refractivity contribution in [3.05, 3.63) is 76.1 Å². The predicted octanol–water partition coefficient (Wildman–Crippen LogP) is 5.02. The summed E-state index contributed by atoms with van der Waals surface area (Å²) in [6.07, 6.45) is 0. The Balaban J connectivity index is 1.81. The van der Waals surface area contributed by atoms with Crippen LogP contribution in [0.5, 0.6) is 28.7 Å². The summed E-state index contributed by atoms with van der Waals surface area (Å²) in [5.41, 5.74) is 1.48. The molecule has 8 nitrogen and oxygen atoms in total. The van der Waals surface area contributed by atoms with Crippen LogP contribution in [0.4, 0.5) is 0 Å². The van der Waals surface area contributed by atoms with Gasteiger partial charge in [-0.1, -0.05) is 6.07 Å². The van der Waals surface area contributed by atoms with Gasteiger partial charge in [-0.25, -0.2) is 9.59 Å². The average Bonchev–Trinajstić information content (AvgIpc) is 2.88. The number of hydrogen-bond acceptors (Lipinski definition) is 8. The predicted molar refractivity (Wildman–Crippen MR) is 130 cm³/mol. The summed E-state index contributed by atoms with van der Waals surface area (Å²) >= 11 is 0. The first kappa shape index (κ1) is 23.7. The van der Waals surface area contributed by atoms with Gasteiger partial charge in [0.25, 0.3) is 0 Å². The lowest BCUT2D eigenvalue weighted by Crippen LogP contribution is -2.12. The summed E-state index contributed by atoms with van der Waals surface area (Å²) in [5.74, 6) is 1.31.